The number of piperidine rings is 1. The normalized spacial score (nSPS) is 24.3. The molecule has 1 atom stereocenters. The van der Waals surface area contributed by atoms with Crippen LogP contribution in [0.5, 0.6) is 0 Å². The molecule has 0 aromatic carbocycles. The van der Waals surface area contributed by atoms with Crippen LogP contribution in [0.2, 0.25) is 0 Å². The molecule has 1 unspecified atom stereocenters. The van der Waals surface area contributed by atoms with Gasteiger partial charge in [0.25, 0.3) is 0 Å². The van der Waals surface area contributed by atoms with E-state index in [1.807, 2.05) is 7.05 Å². The molecule has 0 amide bonds. The molecule has 0 aliphatic carbocycles. The van der Waals surface area contributed by atoms with Gasteiger partial charge in [-0.05, 0) is 26.4 Å². The Labute approximate surface area is 75.0 Å². The molecular formula is C6H16Cl2N2. The number of nitrogens with one attached hydrogen (secondary N) is 2. The van der Waals surface area contributed by atoms with E-state index < -0.39 is 0 Å². The molecule has 1 heterocycles. The Morgan fingerprint density at radius 3 is 2.40 bits per heavy atom. The molecule has 1 aliphatic heterocycles. The summed E-state index contributed by atoms with van der Waals surface area (Å²) < 4.78 is 0. The molecular weight excluding hydrogens is 171 g/mol. The second-order valence-corrected chi connectivity index (χ2v) is 2.33. The number of rotatable bonds is 1. The summed E-state index contributed by atoms with van der Waals surface area (Å²) in [5, 5.41) is 6.56. The smallest absolute Gasteiger partial charge is 0.0189 e. The zero-order valence-electron chi connectivity index (χ0n) is 6.22. The second-order valence-electron chi connectivity index (χ2n) is 2.33. The van der Waals surface area contributed by atoms with Gasteiger partial charge in [-0.15, -0.1) is 24.8 Å². The van der Waals surface area contributed by atoms with Crippen LogP contribution < -0.4 is 10.6 Å². The minimum Gasteiger partial charge on any atom is -0.316 e. The molecule has 64 valence electrons. The first-order chi connectivity index (χ1) is 3.93. The highest BCUT2D eigenvalue weighted by Crippen LogP contribution is 1.98. The van der Waals surface area contributed by atoms with Gasteiger partial charge in [0.1, 0.15) is 0 Å². The van der Waals surface area contributed by atoms with Crippen LogP contribution in [-0.2, 0) is 0 Å². The van der Waals surface area contributed by atoms with Crippen molar-refractivity contribution in [2.24, 2.45) is 0 Å². The topological polar surface area (TPSA) is 24.1 Å². The predicted octanol–water partition coefficient (Wildman–Crippen LogP) is 0.801. The van der Waals surface area contributed by atoms with Crippen LogP contribution in [0.3, 0.4) is 0 Å². The summed E-state index contributed by atoms with van der Waals surface area (Å²) in [4.78, 5) is 0. The van der Waals surface area contributed by atoms with Gasteiger partial charge < -0.3 is 10.6 Å². The van der Waals surface area contributed by atoms with Gasteiger partial charge in [-0.2, -0.15) is 0 Å². The van der Waals surface area contributed by atoms with Gasteiger partial charge in [0.05, 0.1) is 0 Å². The van der Waals surface area contributed by atoms with E-state index in [4.69, 9.17) is 0 Å². The summed E-state index contributed by atoms with van der Waals surface area (Å²) in [6, 6.07) is 0.726. The minimum atomic E-state index is 0. The highest BCUT2D eigenvalue weighted by Gasteiger charge is 2.08. The van der Waals surface area contributed by atoms with E-state index >= 15 is 0 Å². The molecule has 1 fully saturated rings. The molecule has 2 nitrogen and oxygen atoms in total. The van der Waals surface area contributed by atoms with Crippen LogP contribution >= 0.6 is 24.8 Å². The van der Waals surface area contributed by atoms with Crippen LogP contribution in [0.25, 0.3) is 0 Å². The summed E-state index contributed by atoms with van der Waals surface area (Å²) in [6.45, 7) is 2.36. The molecule has 1 rings (SSSR count). The lowest BCUT2D eigenvalue weighted by Gasteiger charge is -2.21. The van der Waals surface area contributed by atoms with Crippen molar-refractivity contribution in [2.45, 2.75) is 18.9 Å². The monoisotopic (exact) mass is 186 g/mol. The highest BCUT2D eigenvalue weighted by atomic mass is 35.5. The molecule has 4 heteroatoms. The van der Waals surface area contributed by atoms with Gasteiger partial charge in [0.15, 0.2) is 0 Å². The second kappa shape index (κ2) is 7.61. The number of halogens is 2. The summed E-state index contributed by atoms with van der Waals surface area (Å²) >= 11 is 0. The summed E-state index contributed by atoms with van der Waals surface area (Å²) in [5.74, 6) is 0. The third-order valence-corrected chi connectivity index (χ3v) is 1.71. The maximum absolute atomic E-state index is 3.32. The Balaban J connectivity index is 0. The van der Waals surface area contributed by atoms with Gasteiger partial charge in [0, 0.05) is 12.6 Å². The Hall–Kier alpha value is 0.500. The first kappa shape index (κ1) is 13.1. The fourth-order valence-electron chi connectivity index (χ4n) is 1.10. The van der Waals surface area contributed by atoms with Gasteiger partial charge in [0.2, 0.25) is 0 Å². The van der Waals surface area contributed by atoms with Crippen molar-refractivity contribution in [3.05, 3.63) is 0 Å². The Morgan fingerprint density at radius 1 is 1.40 bits per heavy atom. The fraction of sp³-hybridized carbons (Fsp3) is 1.00. The van der Waals surface area contributed by atoms with E-state index in [0.29, 0.717) is 0 Å². The van der Waals surface area contributed by atoms with Gasteiger partial charge in [-0.1, -0.05) is 0 Å². The quantitative estimate of drug-likeness (QED) is 0.634. The van der Waals surface area contributed by atoms with Crippen molar-refractivity contribution >= 4 is 24.8 Å². The third kappa shape index (κ3) is 4.34. The molecule has 0 aromatic rings. The Kier molecular flexibility index (Phi) is 9.97. The zero-order chi connectivity index (χ0) is 5.82. The molecule has 1 aliphatic rings. The van der Waals surface area contributed by atoms with Crippen molar-refractivity contribution in [3.8, 4) is 0 Å². The molecule has 0 aromatic heterocycles. The zero-order valence-corrected chi connectivity index (χ0v) is 7.86. The van der Waals surface area contributed by atoms with Crippen LogP contribution in [-0.4, -0.2) is 26.2 Å². The Bertz CT molecular complexity index is 64.8. The minimum absolute atomic E-state index is 0. The lowest BCUT2D eigenvalue weighted by atomic mass is 10.1. The van der Waals surface area contributed by atoms with Crippen LogP contribution in [0.1, 0.15) is 12.8 Å². The SMILES string of the molecule is CNC1CCCNC1.Cl.Cl. The van der Waals surface area contributed by atoms with Crippen molar-refractivity contribution in [2.75, 3.05) is 20.1 Å². The molecule has 0 bridgehead atoms. The molecule has 0 radical (unpaired) electrons. The largest absolute Gasteiger partial charge is 0.316 e. The molecule has 10 heavy (non-hydrogen) atoms. The van der Waals surface area contributed by atoms with Gasteiger partial charge in [-0.25, -0.2) is 0 Å². The van der Waals surface area contributed by atoms with Crippen LogP contribution in [0.4, 0.5) is 0 Å². The average Bonchev–Trinajstić information content (AvgIpc) is 1.90. The average molecular weight is 187 g/mol. The van der Waals surface area contributed by atoms with E-state index in [-0.39, 0.29) is 24.8 Å². The molecule has 2 N–H and O–H groups in total. The van der Waals surface area contributed by atoms with Gasteiger partial charge in [-0.3, -0.25) is 0 Å². The summed E-state index contributed by atoms with van der Waals surface area (Å²) in [7, 11) is 2.03. The van der Waals surface area contributed by atoms with Crippen molar-refractivity contribution in [3.63, 3.8) is 0 Å². The van der Waals surface area contributed by atoms with E-state index in [1.165, 1.54) is 19.4 Å². The Morgan fingerprint density at radius 2 is 2.10 bits per heavy atom. The predicted molar refractivity (Wildman–Crippen MR) is 49.4 cm³/mol. The van der Waals surface area contributed by atoms with E-state index in [9.17, 15) is 0 Å². The summed E-state index contributed by atoms with van der Waals surface area (Å²) in [6.07, 6.45) is 2.66. The van der Waals surface area contributed by atoms with Crippen molar-refractivity contribution in [1.82, 2.24) is 10.6 Å². The van der Waals surface area contributed by atoms with E-state index in [2.05, 4.69) is 10.6 Å². The van der Waals surface area contributed by atoms with E-state index in [1.54, 1.807) is 0 Å². The first-order valence-electron chi connectivity index (χ1n) is 3.31. The first-order valence-corrected chi connectivity index (χ1v) is 3.31. The maximum Gasteiger partial charge on any atom is 0.0189 e. The maximum atomic E-state index is 3.32. The number of hydrogen-bond acceptors (Lipinski definition) is 2. The van der Waals surface area contributed by atoms with Gasteiger partial charge >= 0.3 is 0 Å². The van der Waals surface area contributed by atoms with Crippen LogP contribution in [0, 0.1) is 0 Å². The standard InChI is InChI=1S/C6H14N2.2ClH/c1-7-6-3-2-4-8-5-6;;/h6-8H,2-5H2,1H3;2*1H. The lowest BCUT2D eigenvalue weighted by molar-refractivity contribution is 0.412. The fourth-order valence-corrected chi connectivity index (χ4v) is 1.10. The number of likely N-dealkylation sites (N-methyl/N-ethyl adjacent to an activating group) is 1. The molecule has 1 saturated heterocycles. The van der Waals surface area contributed by atoms with E-state index in [0.717, 1.165) is 12.6 Å². The molecule has 0 saturated carbocycles. The third-order valence-electron chi connectivity index (χ3n) is 1.71. The van der Waals surface area contributed by atoms with Crippen LogP contribution in [0.15, 0.2) is 0 Å². The summed E-state index contributed by atoms with van der Waals surface area (Å²) in [5.41, 5.74) is 0. The number of hydrogen-bond donors (Lipinski definition) is 2. The van der Waals surface area contributed by atoms with Crippen molar-refractivity contribution in [1.29, 1.82) is 0 Å². The van der Waals surface area contributed by atoms with Crippen molar-refractivity contribution < 1.29 is 0 Å². The molecule has 0 spiro atoms. The lowest BCUT2D eigenvalue weighted by Crippen LogP contribution is -2.41. The highest BCUT2D eigenvalue weighted by molar-refractivity contribution is 5.85.